The van der Waals surface area contributed by atoms with Crippen molar-refractivity contribution < 1.29 is 57.8 Å². The lowest BCUT2D eigenvalue weighted by Crippen LogP contribution is -2.59. The smallest absolute Gasteiger partial charge is 0.351 e. The lowest BCUT2D eigenvalue weighted by molar-refractivity contribution is -0.435. The Morgan fingerprint density at radius 3 is 2.12 bits per heavy atom. The minimum absolute atomic E-state index is 0.0507. The highest BCUT2D eigenvalue weighted by Crippen LogP contribution is 2.47. The SMILES string of the molecule is CCOC1CN(S(=O)(=O)C(F)(F)C(F)(F)OC(F)(F)C(F)F)C(C)(C)O1. The minimum Gasteiger partial charge on any atom is -0.351 e. The van der Waals surface area contributed by atoms with E-state index >= 15 is 0 Å². The molecule has 1 atom stereocenters. The van der Waals surface area contributed by atoms with Crippen LogP contribution < -0.4 is 0 Å². The third-order valence-electron chi connectivity index (χ3n) is 3.16. The van der Waals surface area contributed by atoms with E-state index in [1.807, 2.05) is 0 Å². The first-order valence-corrected chi connectivity index (χ1v) is 8.30. The van der Waals surface area contributed by atoms with Crippen LogP contribution in [0.25, 0.3) is 0 Å². The molecular formula is C11H15F8NO5S. The molecule has 0 aliphatic carbocycles. The number of hydrogen-bond acceptors (Lipinski definition) is 5. The largest absolute Gasteiger partial charge is 0.449 e. The van der Waals surface area contributed by atoms with Gasteiger partial charge in [0.05, 0.1) is 6.54 Å². The molecule has 156 valence electrons. The molecular weight excluding hydrogens is 410 g/mol. The van der Waals surface area contributed by atoms with Crippen molar-refractivity contribution >= 4 is 10.0 Å². The Kier molecular flexibility index (Phi) is 6.26. The topological polar surface area (TPSA) is 65.1 Å². The number of nitrogens with zero attached hydrogens (tertiary/aromatic N) is 1. The summed E-state index contributed by atoms with van der Waals surface area (Å²) in [5.74, 6) is 0. The molecule has 1 heterocycles. The summed E-state index contributed by atoms with van der Waals surface area (Å²) >= 11 is 0. The van der Waals surface area contributed by atoms with Crippen molar-refractivity contribution in [3.05, 3.63) is 0 Å². The fourth-order valence-corrected chi connectivity index (χ4v) is 3.56. The second-order valence-corrected chi connectivity index (χ2v) is 7.39. The normalized spacial score (nSPS) is 23.0. The van der Waals surface area contributed by atoms with E-state index in [0.717, 1.165) is 13.8 Å². The van der Waals surface area contributed by atoms with Crippen LogP contribution in [0.1, 0.15) is 20.8 Å². The average molecular weight is 425 g/mol. The summed E-state index contributed by atoms with van der Waals surface area (Å²) in [7, 11) is -6.41. The summed E-state index contributed by atoms with van der Waals surface area (Å²) in [5.41, 5.74) is -2.12. The second kappa shape index (κ2) is 7.00. The molecule has 0 aromatic heterocycles. The van der Waals surface area contributed by atoms with Crippen LogP contribution in [-0.4, -0.2) is 61.8 Å². The Hall–Kier alpha value is -0.770. The van der Waals surface area contributed by atoms with Crippen molar-refractivity contribution in [3.8, 4) is 0 Å². The lowest BCUT2D eigenvalue weighted by atomic mass is 10.3. The number of alkyl halides is 8. The zero-order valence-corrected chi connectivity index (χ0v) is 14.3. The van der Waals surface area contributed by atoms with E-state index in [-0.39, 0.29) is 10.9 Å². The molecule has 0 bridgehead atoms. The van der Waals surface area contributed by atoms with Crippen molar-refractivity contribution in [2.45, 2.75) is 56.7 Å². The van der Waals surface area contributed by atoms with Crippen molar-refractivity contribution in [1.29, 1.82) is 0 Å². The molecule has 26 heavy (non-hydrogen) atoms. The Morgan fingerprint density at radius 2 is 1.69 bits per heavy atom. The maximum absolute atomic E-state index is 13.9. The predicted octanol–water partition coefficient (Wildman–Crippen LogP) is 2.81. The van der Waals surface area contributed by atoms with Gasteiger partial charge >= 0.3 is 23.9 Å². The number of hydrogen-bond donors (Lipinski definition) is 0. The van der Waals surface area contributed by atoms with Crippen LogP contribution in [0.3, 0.4) is 0 Å². The number of ether oxygens (including phenoxy) is 3. The molecule has 0 N–H and O–H groups in total. The van der Waals surface area contributed by atoms with E-state index in [0.29, 0.717) is 0 Å². The van der Waals surface area contributed by atoms with E-state index in [4.69, 9.17) is 9.47 Å². The minimum atomic E-state index is -6.48. The van der Waals surface area contributed by atoms with Crippen molar-refractivity contribution in [2.75, 3.05) is 13.2 Å². The van der Waals surface area contributed by atoms with Gasteiger partial charge in [-0.15, -0.1) is 0 Å². The standard InChI is InChI=1S/C11H15F8NO5S/c1-4-23-6-5-20(8(2,3)24-6)26(21,22)11(18,19)10(16,17)25-9(14,15)7(12)13/h6-7H,4-5H2,1-3H3. The number of sulfonamides is 1. The average Bonchev–Trinajstić information content (AvgIpc) is 2.72. The van der Waals surface area contributed by atoms with Gasteiger partial charge in [-0.05, 0) is 20.8 Å². The van der Waals surface area contributed by atoms with Gasteiger partial charge in [0, 0.05) is 6.61 Å². The summed E-state index contributed by atoms with van der Waals surface area (Å²) < 4.78 is 140. The summed E-state index contributed by atoms with van der Waals surface area (Å²) in [6.07, 6.45) is -18.8. The lowest BCUT2D eigenvalue weighted by Gasteiger charge is -2.34. The summed E-state index contributed by atoms with van der Waals surface area (Å²) in [6.45, 7) is 2.24. The number of halogens is 8. The van der Waals surface area contributed by atoms with Gasteiger partial charge in [0.15, 0.2) is 6.29 Å². The summed E-state index contributed by atoms with van der Waals surface area (Å²) in [6, 6.07) is 0. The molecule has 1 unspecified atom stereocenters. The highest BCUT2D eigenvalue weighted by atomic mass is 32.2. The van der Waals surface area contributed by atoms with Crippen LogP contribution in [-0.2, 0) is 24.2 Å². The fraction of sp³-hybridized carbons (Fsp3) is 1.00. The van der Waals surface area contributed by atoms with Gasteiger partial charge < -0.3 is 9.47 Å². The third kappa shape index (κ3) is 4.05. The van der Waals surface area contributed by atoms with E-state index in [1.165, 1.54) is 6.92 Å². The summed E-state index contributed by atoms with van der Waals surface area (Å²) in [4.78, 5) is 0. The van der Waals surface area contributed by atoms with Gasteiger partial charge in [-0.1, -0.05) is 0 Å². The maximum Gasteiger partial charge on any atom is 0.449 e. The molecule has 1 saturated heterocycles. The van der Waals surface area contributed by atoms with Gasteiger partial charge in [0.25, 0.3) is 10.0 Å². The van der Waals surface area contributed by atoms with Gasteiger partial charge in [-0.2, -0.15) is 30.6 Å². The first-order chi connectivity index (χ1) is 11.4. The van der Waals surface area contributed by atoms with Crippen LogP contribution in [0.15, 0.2) is 0 Å². The fourth-order valence-electron chi connectivity index (χ4n) is 2.00. The highest BCUT2D eigenvalue weighted by molar-refractivity contribution is 7.90. The van der Waals surface area contributed by atoms with Crippen molar-refractivity contribution in [2.24, 2.45) is 0 Å². The molecule has 0 amide bonds. The number of rotatable bonds is 8. The van der Waals surface area contributed by atoms with Crippen LogP contribution in [0, 0.1) is 0 Å². The van der Waals surface area contributed by atoms with Gasteiger partial charge in [0.1, 0.15) is 5.72 Å². The Morgan fingerprint density at radius 1 is 1.19 bits per heavy atom. The van der Waals surface area contributed by atoms with Crippen molar-refractivity contribution in [1.82, 2.24) is 4.31 Å². The molecule has 1 rings (SSSR count). The molecule has 1 fully saturated rings. The Bertz CT molecular complexity index is 612. The first-order valence-electron chi connectivity index (χ1n) is 6.86. The van der Waals surface area contributed by atoms with E-state index in [9.17, 15) is 43.5 Å². The molecule has 0 spiro atoms. The Labute approximate surface area is 143 Å². The monoisotopic (exact) mass is 425 g/mol. The zero-order chi connectivity index (χ0) is 20.8. The Balaban J connectivity index is 3.24. The van der Waals surface area contributed by atoms with E-state index < -0.39 is 52.5 Å². The van der Waals surface area contributed by atoms with Gasteiger partial charge in [-0.3, -0.25) is 0 Å². The molecule has 15 heteroatoms. The molecule has 0 aromatic carbocycles. The van der Waals surface area contributed by atoms with Crippen molar-refractivity contribution in [3.63, 3.8) is 0 Å². The molecule has 6 nitrogen and oxygen atoms in total. The first kappa shape index (κ1) is 23.3. The zero-order valence-electron chi connectivity index (χ0n) is 13.5. The van der Waals surface area contributed by atoms with Crippen LogP contribution in [0.2, 0.25) is 0 Å². The van der Waals surface area contributed by atoms with Gasteiger partial charge in [-0.25, -0.2) is 21.9 Å². The van der Waals surface area contributed by atoms with Crippen LogP contribution >= 0.6 is 0 Å². The molecule has 0 radical (unpaired) electrons. The molecule has 1 aliphatic heterocycles. The highest BCUT2D eigenvalue weighted by Gasteiger charge is 2.74. The van der Waals surface area contributed by atoms with Crippen LogP contribution in [0.4, 0.5) is 35.1 Å². The van der Waals surface area contributed by atoms with Gasteiger partial charge in [0.2, 0.25) is 0 Å². The molecule has 0 saturated carbocycles. The molecule has 0 aromatic rings. The predicted molar refractivity (Wildman–Crippen MR) is 68.1 cm³/mol. The van der Waals surface area contributed by atoms with E-state index in [1.54, 1.807) is 0 Å². The van der Waals surface area contributed by atoms with E-state index in [2.05, 4.69) is 4.74 Å². The quantitative estimate of drug-likeness (QED) is 0.560. The summed E-state index contributed by atoms with van der Waals surface area (Å²) in [5, 5.41) is -6.32. The maximum atomic E-state index is 13.9. The third-order valence-corrected chi connectivity index (χ3v) is 5.21. The second-order valence-electron chi connectivity index (χ2n) is 5.48. The van der Waals surface area contributed by atoms with Crippen LogP contribution in [0.5, 0.6) is 0 Å². The molecule has 1 aliphatic rings.